The first-order chi connectivity index (χ1) is 11.6. The van der Waals surface area contributed by atoms with E-state index < -0.39 is 0 Å². The molecule has 0 atom stereocenters. The second-order valence-electron chi connectivity index (χ2n) is 5.09. The maximum absolute atomic E-state index is 12.5. The monoisotopic (exact) mass is 343 g/mol. The molecule has 0 saturated heterocycles. The molecule has 2 aromatic heterocycles. The maximum Gasteiger partial charge on any atom is 0.259 e. The quantitative estimate of drug-likeness (QED) is 0.759. The van der Waals surface area contributed by atoms with Crippen LogP contribution in [0.1, 0.15) is 28.0 Å². The first kappa shape index (κ1) is 16.2. The Balaban J connectivity index is 1.84. The predicted molar refractivity (Wildman–Crippen MR) is 92.7 cm³/mol. The topological polar surface area (TPSA) is 77.2 Å². The third-order valence-corrected chi connectivity index (χ3v) is 4.54. The lowest BCUT2D eigenvalue weighted by Gasteiger charge is -2.08. The minimum absolute atomic E-state index is 0.223. The number of ether oxygens (including phenoxy) is 1. The highest BCUT2D eigenvalue weighted by Gasteiger charge is 2.17. The third-order valence-electron chi connectivity index (χ3n) is 3.50. The average Bonchev–Trinajstić information content (AvgIpc) is 3.22. The van der Waals surface area contributed by atoms with E-state index in [9.17, 15) is 4.79 Å². The van der Waals surface area contributed by atoms with Crippen LogP contribution in [-0.4, -0.2) is 23.2 Å². The summed E-state index contributed by atoms with van der Waals surface area (Å²) in [6, 6.07) is 8.95. The van der Waals surface area contributed by atoms with Gasteiger partial charge in [0.25, 0.3) is 11.8 Å². The van der Waals surface area contributed by atoms with E-state index in [2.05, 4.69) is 15.5 Å². The van der Waals surface area contributed by atoms with Crippen LogP contribution in [0.15, 0.2) is 34.7 Å². The van der Waals surface area contributed by atoms with Crippen LogP contribution >= 0.6 is 11.3 Å². The maximum atomic E-state index is 12.5. The molecule has 0 unspecified atom stereocenters. The summed E-state index contributed by atoms with van der Waals surface area (Å²) >= 11 is 1.50. The summed E-state index contributed by atoms with van der Waals surface area (Å²) in [4.78, 5) is 14.3. The zero-order valence-corrected chi connectivity index (χ0v) is 14.4. The number of hydrogen-bond donors (Lipinski definition) is 1. The van der Waals surface area contributed by atoms with Crippen molar-refractivity contribution in [3.8, 4) is 16.5 Å². The fourth-order valence-electron chi connectivity index (χ4n) is 2.23. The minimum Gasteiger partial charge on any atom is -0.496 e. The Bertz CT molecular complexity index is 870. The molecule has 0 fully saturated rings. The van der Waals surface area contributed by atoms with Crippen molar-refractivity contribution in [2.24, 2.45) is 0 Å². The van der Waals surface area contributed by atoms with E-state index >= 15 is 0 Å². The molecule has 3 rings (SSSR count). The number of carbonyl (C=O) groups is 1. The number of hydrogen-bond acceptors (Lipinski definition) is 6. The highest BCUT2D eigenvalue weighted by atomic mass is 32.1. The fraction of sp³-hybridized carbons (Fsp3) is 0.235. The molecule has 0 aliphatic rings. The standard InChI is InChI=1S/C17H17N3O3S/c1-4-15-19-20-17(23-15)14-9-12(10(2)24-14)18-16(21)11-7-5-6-8-13(11)22-3/h5-9H,4H2,1-3H3,(H,18,21). The zero-order valence-electron chi connectivity index (χ0n) is 13.6. The summed E-state index contributed by atoms with van der Waals surface area (Å²) < 4.78 is 10.8. The number of thiophene rings is 1. The molecule has 0 bridgehead atoms. The van der Waals surface area contributed by atoms with Crippen LogP contribution in [0.5, 0.6) is 5.75 Å². The highest BCUT2D eigenvalue weighted by Crippen LogP contribution is 2.34. The largest absolute Gasteiger partial charge is 0.496 e. The number of aryl methyl sites for hydroxylation is 2. The molecular weight excluding hydrogens is 326 g/mol. The lowest BCUT2D eigenvalue weighted by Crippen LogP contribution is -2.13. The van der Waals surface area contributed by atoms with Crippen molar-refractivity contribution in [1.29, 1.82) is 0 Å². The van der Waals surface area contributed by atoms with Crippen LogP contribution < -0.4 is 10.1 Å². The molecular formula is C17H17N3O3S. The van der Waals surface area contributed by atoms with Crippen LogP contribution in [0.4, 0.5) is 5.69 Å². The van der Waals surface area contributed by atoms with E-state index in [-0.39, 0.29) is 5.91 Å². The average molecular weight is 343 g/mol. The van der Waals surface area contributed by atoms with E-state index in [4.69, 9.17) is 9.15 Å². The molecule has 1 N–H and O–H groups in total. The Morgan fingerprint density at radius 3 is 2.83 bits per heavy atom. The van der Waals surface area contributed by atoms with Gasteiger partial charge in [-0.25, -0.2) is 0 Å². The number of benzene rings is 1. The number of carbonyl (C=O) groups excluding carboxylic acids is 1. The predicted octanol–water partition coefficient (Wildman–Crippen LogP) is 3.93. The lowest BCUT2D eigenvalue weighted by atomic mass is 10.2. The van der Waals surface area contributed by atoms with Crippen LogP contribution in [-0.2, 0) is 6.42 Å². The Labute approximate surface area is 143 Å². The van der Waals surface area contributed by atoms with Gasteiger partial charge in [0.15, 0.2) is 0 Å². The summed E-state index contributed by atoms with van der Waals surface area (Å²) in [5.41, 5.74) is 1.21. The Kier molecular flexibility index (Phi) is 4.61. The number of para-hydroxylation sites is 1. The Morgan fingerprint density at radius 2 is 2.12 bits per heavy atom. The van der Waals surface area contributed by atoms with Gasteiger partial charge in [-0.2, -0.15) is 0 Å². The van der Waals surface area contributed by atoms with Crippen molar-refractivity contribution >= 4 is 22.9 Å². The van der Waals surface area contributed by atoms with Gasteiger partial charge in [-0.1, -0.05) is 19.1 Å². The van der Waals surface area contributed by atoms with E-state index in [1.165, 1.54) is 11.3 Å². The molecule has 1 aromatic carbocycles. The van der Waals surface area contributed by atoms with Gasteiger partial charge in [0, 0.05) is 11.3 Å². The van der Waals surface area contributed by atoms with Gasteiger partial charge in [-0.15, -0.1) is 21.5 Å². The summed E-state index contributed by atoms with van der Waals surface area (Å²) in [5, 5.41) is 10.9. The molecule has 24 heavy (non-hydrogen) atoms. The third kappa shape index (κ3) is 3.16. The molecule has 2 heterocycles. The van der Waals surface area contributed by atoms with Crippen molar-refractivity contribution in [3.63, 3.8) is 0 Å². The summed E-state index contributed by atoms with van der Waals surface area (Å²) in [5.74, 6) is 1.38. The van der Waals surface area contributed by atoms with Crippen molar-refractivity contribution in [2.45, 2.75) is 20.3 Å². The van der Waals surface area contributed by atoms with E-state index in [0.29, 0.717) is 29.5 Å². The van der Waals surface area contributed by atoms with Crippen molar-refractivity contribution < 1.29 is 13.9 Å². The molecule has 0 aliphatic carbocycles. The van der Waals surface area contributed by atoms with Gasteiger partial charge in [0.1, 0.15) is 5.75 Å². The van der Waals surface area contributed by atoms with Crippen LogP contribution in [0.25, 0.3) is 10.8 Å². The Hall–Kier alpha value is -2.67. The first-order valence-electron chi connectivity index (χ1n) is 7.50. The first-order valence-corrected chi connectivity index (χ1v) is 8.31. The molecule has 0 spiro atoms. The molecule has 7 heteroatoms. The summed E-state index contributed by atoms with van der Waals surface area (Å²) in [7, 11) is 1.54. The number of anilines is 1. The van der Waals surface area contributed by atoms with E-state index in [1.807, 2.05) is 26.0 Å². The van der Waals surface area contributed by atoms with Gasteiger partial charge in [-0.05, 0) is 25.1 Å². The lowest BCUT2D eigenvalue weighted by molar-refractivity contribution is 0.102. The highest BCUT2D eigenvalue weighted by molar-refractivity contribution is 7.15. The van der Waals surface area contributed by atoms with Crippen molar-refractivity contribution in [2.75, 3.05) is 12.4 Å². The number of amides is 1. The van der Waals surface area contributed by atoms with Crippen molar-refractivity contribution in [1.82, 2.24) is 10.2 Å². The van der Waals surface area contributed by atoms with Gasteiger partial charge in [-0.3, -0.25) is 4.79 Å². The molecule has 6 nitrogen and oxygen atoms in total. The van der Waals surface area contributed by atoms with Crippen LogP contribution in [0.3, 0.4) is 0 Å². The van der Waals surface area contributed by atoms with Crippen molar-refractivity contribution in [3.05, 3.63) is 46.7 Å². The van der Waals surface area contributed by atoms with E-state index in [0.717, 1.165) is 15.4 Å². The summed E-state index contributed by atoms with van der Waals surface area (Å²) in [6.07, 6.45) is 0.689. The van der Waals surface area contributed by atoms with Gasteiger partial charge >= 0.3 is 0 Å². The zero-order chi connectivity index (χ0) is 17.1. The second-order valence-corrected chi connectivity index (χ2v) is 6.35. The minimum atomic E-state index is -0.223. The smallest absolute Gasteiger partial charge is 0.259 e. The fourth-order valence-corrected chi connectivity index (χ4v) is 3.13. The van der Waals surface area contributed by atoms with E-state index in [1.54, 1.807) is 25.3 Å². The number of nitrogens with one attached hydrogen (secondary N) is 1. The number of methoxy groups -OCH3 is 1. The van der Waals surface area contributed by atoms with Gasteiger partial charge in [0.2, 0.25) is 5.89 Å². The molecule has 1 amide bonds. The van der Waals surface area contributed by atoms with Gasteiger partial charge < -0.3 is 14.5 Å². The number of nitrogens with zero attached hydrogens (tertiary/aromatic N) is 2. The van der Waals surface area contributed by atoms with Crippen LogP contribution in [0.2, 0.25) is 0 Å². The number of aromatic nitrogens is 2. The molecule has 0 aliphatic heterocycles. The van der Waals surface area contributed by atoms with Gasteiger partial charge in [0.05, 0.1) is 23.2 Å². The summed E-state index contributed by atoms with van der Waals surface area (Å²) in [6.45, 7) is 3.89. The molecule has 124 valence electrons. The number of rotatable bonds is 5. The normalized spacial score (nSPS) is 10.6. The van der Waals surface area contributed by atoms with Crippen LogP contribution in [0, 0.1) is 6.92 Å². The SMILES string of the molecule is CCc1nnc(-c2cc(NC(=O)c3ccccc3OC)c(C)s2)o1. The molecule has 0 radical (unpaired) electrons. The second kappa shape index (κ2) is 6.84. The Morgan fingerprint density at radius 1 is 1.33 bits per heavy atom. The molecule has 3 aromatic rings. The molecule has 0 saturated carbocycles.